The van der Waals surface area contributed by atoms with Gasteiger partial charge in [-0.15, -0.1) is 0 Å². The molecule has 122 valence electrons. The van der Waals surface area contributed by atoms with Crippen molar-refractivity contribution in [2.75, 3.05) is 0 Å². The lowest BCUT2D eigenvalue weighted by Gasteiger charge is -2.17. The average molecular weight is 379 g/mol. The second-order valence-electron chi connectivity index (χ2n) is 5.55. The highest BCUT2D eigenvalue weighted by molar-refractivity contribution is 6.43. The second kappa shape index (κ2) is 6.67. The van der Waals surface area contributed by atoms with Crippen LogP contribution in [0.25, 0.3) is 22.4 Å². The molecule has 3 rings (SSSR count). The van der Waals surface area contributed by atoms with Crippen LogP contribution in [-0.4, -0.2) is 15.0 Å². The number of nitrogens with zero attached hydrogens (tertiary/aromatic N) is 3. The molecule has 0 aromatic carbocycles. The molecular formula is C18H14Cl3N3. The van der Waals surface area contributed by atoms with Crippen LogP contribution in [0, 0.1) is 20.8 Å². The molecule has 0 atom stereocenters. The summed E-state index contributed by atoms with van der Waals surface area (Å²) in [5.74, 6) is 0. The van der Waals surface area contributed by atoms with Crippen molar-refractivity contribution in [3.63, 3.8) is 0 Å². The van der Waals surface area contributed by atoms with E-state index in [1.165, 1.54) is 0 Å². The van der Waals surface area contributed by atoms with Gasteiger partial charge in [-0.2, -0.15) is 0 Å². The molecule has 0 fully saturated rings. The molecule has 3 nitrogen and oxygen atoms in total. The monoisotopic (exact) mass is 377 g/mol. The summed E-state index contributed by atoms with van der Waals surface area (Å²) in [6.07, 6.45) is 5.35. The molecule has 0 bridgehead atoms. The fraction of sp³-hybridized carbons (Fsp3) is 0.167. The van der Waals surface area contributed by atoms with Gasteiger partial charge in [-0.3, -0.25) is 9.97 Å². The number of pyridine rings is 3. The largest absolute Gasteiger partial charge is 0.264 e. The van der Waals surface area contributed by atoms with Gasteiger partial charge in [0.05, 0.1) is 10.7 Å². The van der Waals surface area contributed by atoms with E-state index >= 15 is 0 Å². The van der Waals surface area contributed by atoms with E-state index in [4.69, 9.17) is 34.8 Å². The maximum Gasteiger partial charge on any atom is 0.149 e. The zero-order valence-electron chi connectivity index (χ0n) is 13.4. The summed E-state index contributed by atoms with van der Waals surface area (Å²) in [5, 5.41) is 0.853. The van der Waals surface area contributed by atoms with Crippen LogP contribution in [0.5, 0.6) is 0 Å². The van der Waals surface area contributed by atoms with Crippen molar-refractivity contribution in [2.24, 2.45) is 0 Å². The molecule has 3 aromatic rings. The first-order chi connectivity index (χ1) is 11.4. The van der Waals surface area contributed by atoms with Crippen molar-refractivity contribution < 1.29 is 0 Å². The van der Waals surface area contributed by atoms with Gasteiger partial charge in [-0.25, -0.2) is 4.98 Å². The number of hydrogen-bond acceptors (Lipinski definition) is 3. The predicted molar refractivity (Wildman–Crippen MR) is 99.9 cm³/mol. The summed E-state index contributed by atoms with van der Waals surface area (Å²) in [6, 6.07) is 3.92. The molecule has 0 unspecified atom stereocenters. The third kappa shape index (κ3) is 2.88. The molecule has 0 aliphatic rings. The minimum atomic E-state index is 0.190. The zero-order valence-corrected chi connectivity index (χ0v) is 15.6. The van der Waals surface area contributed by atoms with E-state index in [0.717, 1.165) is 33.5 Å². The van der Waals surface area contributed by atoms with E-state index in [0.29, 0.717) is 10.6 Å². The van der Waals surface area contributed by atoms with Gasteiger partial charge in [0.1, 0.15) is 10.3 Å². The van der Waals surface area contributed by atoms with E-state index in [1.54, 1.807) is 12.4 Å². The summed E-state index contributed by atoms with van der Waals surface area (Å²) < 4.78 is 0. The summed E-state index contributed by atoms with van der Waals surface area (Å²) >= 11 is 18.7. The quantitative estimate of drug-likeness (QED) is 0.506. The smallest absolute Gasteiger partial charge is 0.149 e. The highest BCUT2D eigenvalue weighted by Gasteiger charge is 2.21. The number of rotatable bonds is 2. The van der Waals surface area contributed by atoms with Crippen LogP contribution in [0.4, 0.5) is 0 Å². The number of halogens is 3. The Morgan fingerprint density at radius 3 is 2.25 bits per heavy atom. The fourth-order valence-electron chi connectivity index (χ4n) is 2.70. The summed E-state index contributed by atoms with van der Waals surface area (Å²) in [7, 11) is 0. The molecule has 0 saturated carbocycles. The summed E-state index contributed by atoms with van der Waals surface area (Å²) in [4.78, 5) is 13.0. The minimum Gasteiger partial charge on any atom is -0.264 e. The Bertz CT molecular complexity index is 939. The molecule has 0 spiro atoms. The van der Waals surface area contributed by atoms with E-state index in [1.807, 2.05) is 39.1 Å². The molecule has 6 heteroatoms. The highest BCUT2D eigenvalue weighted by Crippen LogP contribution is 2.41. The molecule has 0 aliphatic heterocycles. The SMILES string of the molecule is Cc1ccncc1-c1c(C)ccnc1-c1c(Cl)nc(Cl)c(Cl)c1C. The predicted octanol–water partition coefficient (Wildman–Crippen LogP) is 6.09. The van der Waals surface area contributed by atoms with Crippen LogP contribution in [-0.2, 0) is 0 Å². The average Bonchev–Trinajstić information content (AvgIpc) is 2.54. The van der Waals surface area contributed by atoms with E-state index < -0.39 is 0 Å². The van der Waals surface area contributed by atoms with Gasteiger partial charge in [0.15, 0.2) is 0 Å². The molecular weight excluding hydrogens is 365 g/mol. The Balaban J connectivity index is 2.39. The van der Waals surface area contributed by atoms with Gasteiger partial charge in [-0.1, -0.05) is 34.8 Å². The van der Waals surface area contributed by atoms with Gasteiger partial charge in [0.25, 0.3) is 0 Å². The van der Waals surface area contributed by atoms with Crippen LogP contribution in [0.15, 0.2) is 30.7 Å². The first-order valence-electron chi connectivity index (χ1n) is 7.30. The van der Waals surface area contributed by atoms with Gasteiger partial charge in [0.2, 0.25) is 0 Å². The third-order valence-electron chi connectivity index (χ3n) is 3.99. The Hall–Kier alpha value is -1.68. The highest BCUT2D eigenvalue weighted by atomic mass is 35.5. The van der Waals surface area contributed by atoms with Gasteiger partial charge < -0.3 is 0 Å². The lowest BCUT2D eigenvalue weighted by atomic mass is 9.93. The topological polar surface area (TPSA) is 38.7 Å². The minimum absolute atomic E-state index is 0.190. The molecule has 0 saturated heterocycles. The van der Waals surface area contributed by atoms with Crippen LogP contribution < -0.4 is 0 Å². The van der Waals surface area contributed by atoms with Gasteiger partial charge in [-0.05, 0) is 49.6 Å². The van der Waals surface area contributed by atoms with Gasteiger partial charge in [0, 0.05) is 35.3 Å². The Morgan fingerprint density at radius 1 is 0.833 bits per heavy atom. The van der Waals surface area contributed by atoms with Crippen LogP contribution in [0.3, 0.4) is 0 Å². The molecule has 3 heterocycles. The molecule has 0 amide bonds. The Morgan fingerprint density at radius 2 is 1.54 bits per heavy atom. The van der Waals surface area contributed by atoms with Crippen LogP contribution in [0.1, 0.15) is 16.7 Å². The summed E-state index contributed by atoms with van der Waals surface area (Å²) in [5.41, 5.74) is 6.30. The third-order valence-corrected chi connectivity index (χ3v) is 5.10. The fourth-order valence-corrected chi connectivity index (χ4v) is 3.42. The lowest BCUT2D eigenvalue weighted by molar-refractivity contribution is 1.22. The van der Waals surface area contributed by atoms with Gasteiger partial charge >= 0.3 is 0 Å². The molecule has 3 aromatic heterocycles. The van der Waals surface area contributed by atoms with Crippen molar-refractivity contribution in [2.45, 2.75) is 20.8 Å². The molecule has 24 heavy (non-hydrogen) atoms. The first kappa shape index (κ1) is 17.2. The maximum atomic E-state index is 6.38. The van der Waals surface area contributed by atoms with Crippen LogP contribution in [0.2, 0.25) is 15.3 Å². The second-order valence-corrected chi connectivity index (χ2v) is 6.64. The standard InChI is InChI=1S/C18H14Cl3N3/c1-9-4-6-22-8-12(9)13-10(2)5-7-23-16(13)14-11(3)15(19)18(21)24-17(14)20/h4-8H,1-3H3. The number of hydrogen-bond donors (Lipinski definition) is 0. The van der Waals surface area contributed by atoms with Crippen LogP contribution >= 0.6 is 34.8 Å². The van der Waals surface area contributed by atoms with E-state index in [2.05, 4.69) is 15.0 Å². The Labute approximate surface area is 155 Å². The molecule has 0 aliphatic carbocycles. The van der Waals surface area contributed by atoms with Crippen molar-refractivity contribution >= 4 is 34.8 Å². The zero-order chi connectivity index (χ0) is 17.4. The van der Waals surface area contributed by atoms with Crippen molar-refractivity contribution in [3.8, 4) is 22.4 Å². The summed E-state index contributed by atoms with van der Waals surface area (Å²) in [6.45, 7) is 5.93. The molecule has 0 radical (unpaired) electrons. The van der Waals surface area contributed by atoms with Crippen molar-refractivity contribution in [3.05, 3.63) is 62.7 Å². The van der Waals surface area contributed by atoms with Crippen molar-refractivity contribution in [1.29, 1.82) is 0 Å². The maximum absolute atomic E-state index is 6.38. The number of aromatic nitrogens is 3. The Kier molecular flexibility index (Phi) is 4.77. The first-order valence-corrected chi connectivity index (χ1v) is 8.43. The lowest BCUT2D eigenvalue weighted by Crippen LogP contribution is -1.99. The number of aryl methyl sites for hydroxylation is 2. The van der Waals surface area contributed by atoms with Crippen molar-refractivity contribution in [1.82, 2.24) is 15.0 Å². The van der Waals surface area contributed by atoms with E-state index in [-0.39, 0.29) is 10.3 Å². The molecule has 0 N–H and O–H groups in total. The van der Waals surface area contributed by atoms with E-state index in [9.17, 15) is 0 Å². The normalized spacial score (nSPS) is 10.9.